The Morgan fingerprint density at radius 1 is 1.00 bits per heavy atom. The number of amides is 1. The van der Waals surface area contributed by atoms with E-state index in [1.807, 2.05) is 57.2 Å². The zero-order chi connectivity index (χ0) is 20.7. The van der Waals surface area contributed by atoms with Crippen molar-refractivity contribution in [3.8, 4) is 0 Å². The summed E-state index contributed by atoms with van der Waals surface area (Å²) in [5.41, 5.74) is 2.25. The van der Waals surface area contributed by atoms with Crippen LogP contribution in [0.5, 0.6) is 0 Å². The lowest BCUT2D eigenvalue weighted by atomic mass is 9.91. The SMILES string of the molecule is CC(C)(C)c1noc(CCCC(=O)NCC(c2ccccc2)c2ccccc2)n1. The molecule has 0 fully saturated rings. The highest BCUT2D eigenvalue weighted by Crippen LogP contribution is 2.24. The third kappa shape index (κ3) is 6.01. The number of nitrogens with zero attached hydrogens (tertiary/aromatic N) is 2. The third-order valence-electron chi connectivity index (χ3n) is 4.84. The van der Waals surface area contributed by atoms with E-state index in [0.29, 0.717) is 37.5 Å². The first-order valence-electron chi connectivity index (χ1n) is 10.1. The summed E-state index contributed by atoms with van der Waals surface area (Å²) in [6.45, 7) is 6.71. The molecule has 5 nitrogen and oxygen atoms in total. The summed E-state index contributed by atoms with van der Waals surface area (Å²) in [7, 11) is 0. The molecule has 1 N–H and O–H groups in total. The van der Waals surface area contributed by atoms with Crippen molar-refractivity contribution in [2.45, 2.75) is 51.4 Å². The fraction of sp³-hybridized carbons (Fsp3) is 0.375. The van der Waals surface area contributed by atoms with E-state index in [0.717, 1.165) is 0 Å². The maximum absolute atomic E-state index is 12.4. The van der Waals surface area contributed by atoms with Crippen LogP contribution in [0.1, 0.15) is 62.4 Å². The standard InChI is InChI=1S/C24H29N3O2/c1-24(2,3)23-26-22(29-27-23)16-10-15-21(28)25-17-20(18-11-6-4-7-12-18)19-13-8-5-9-14-19/h4-9,11-14,20H,10,15-17H2,1-3H3,(H,25,28). The van der Waals surface area contributed by atoms with Crippen molar-refractivity contribution in [1.29, 1.82) is 0 Å². The van der Waals surface area contributed by atoms with E-state index in [9.17, 15) is 4.79 Å². The molecule has 0 aliphatic heterocycles. The van der Waals surface area contributed by atoms with Gasteiger partial charge in [0, 0.05) is 30.7 Å². The minimum Gasteiger partial charge on any atom is -0.355 e. The Morgan fingerprint density at radius 2 is 1.59 bits per heavy atom. The number of rotatable bonds is 8. The normalized spacial score (nSPS) is 11.6. The molecule has 0 radical (unpaired) electrons. The Balaban J connectivity index is 1.52. The van der Waals surface area contributed by atoms with E-state index in [4.69, 9.17) is 4.52 Å². The second-order valence-electron chi connectivity index (χ2n) is 8.29. The average molecular weight is 392 g/mol. The summed E-state index contributed by atoms with van der Waals surface area (Å²) in [5.74, 6) is 1.46. The van der Waals surface area contributed by atoms with Crippen LogP contribution in [0.4, 0.5) is 0 Å². The summed E-state index contributed by atoms with van der Waals surface area (Å²) in [6, 6.07) is 20.6. The van der Waals surface area contributed by atoms with Crippen molar-refractivity contribution >= 4 is 5.91 Å². The lowest BCUT2D eigenvalue weighted by Crippen LogP contribution is -2.28. The predicted molar refractivity (Wildman–Crippen MR) is 114 cm³/mol. The van der Waals surface area contributed by atoms with Crippen molar-refractivity contribution in [3.05, 3.63) is 83.5 Å². The molecule has 0 aliphatic carbocycles. The molecule has 0 saturated carbocycles. The van der Waals surface area contributed by atoms with Crippen LogP contribution in [0, 0.1) is 0 Å². The fourth-order valence-corrected chi connectivity index (χ4v) is 3.16. The molecule has 1 heterocycles. The van der Waals surface area contributed by atoms with Crippen molar-refractivity contribution in [1.82, 2.24) is 15.5 Å². The first-order chi connectivity index (χ1) is 13.9. The molecule has 3 rings (SSSR count). The van der Waals surface area contributed by atoms with E-state index in [2.05, 4.69) is 39.7 Å². The molecule has 3 aromatic rings. The van der Waals surface area contributed by atoms with Crippen LogP contribution >= 0.6 is 0 Å². The first kappa shape index (κ1) is 20.8. The Morgan fingerprint density at radius 3 is 2.10 bits per heavy atom. The lowest BCUT2D eigenvalue weighted by molar-refractivity contribution is -0.121. The third-order valence-corrected chi connectivity index (χ3v) is 4.84. The Bertz CT molecular complexity index is 859. The first-order valence-corrected chi connectivity index (χ1v) is 10.1. The van der Waals surface area contributed by atoms with Gasteiger partial charge in [0.05, 0.1) is 0 Å². The number of nitrogens with one attached hydrogen (secondary N) is 1. The average Bonchev–Trinajstić information content (AvgIpc) is 3.19. The topological polar surface area (TPSA) is 68.0 Å². The number of carbonyl (C=O) groups excluding carboxylic acids is 1. The van der Waals surface area contributed by atoms with E-state index in [-0.39, 0.29) is 17.2 Å². The van der Waals surface area contributed by atoms with Crippen LogP contribution in [0.15, 0.2) is 65.2 Å². The number of aryl methyl sites for hydroxylation is 1. The number of hydrogen-bond donors (Lipinski definition) is 1. The quantitative estimate of drug-likeness (QED) is 0.607. The molecule has 29 heavy (non-hydrogen) atoms. The van der Waals surface area contributed by atoms with Gasteiger partial charge in [-0.1, -0.05) is 86.6 Å². The van der Waals surface area contributed by atoms with Crippen LogP contribution in [0.3, 0.4) is 0 Å². The number of aromatic nitrogens is 2. The van der Waals surface area contributed by atoms with Crippen molar-refractivity contribution in [2.75, 3.05) is 6.54 Å². The highest BCUT2D eigenvalue weighted by atomic mass is 16.5. The van der Waals surface area contributed by atoms with Crippen LogP contribution in [-0.4, -0.2) is 22.6 Å². The molecular formula is C24H29N3O2. The maximum Gasteiger partial charge on any atom is 0.226 e. The molecule has 1 aromatic heterocycles. The molecule has 0 spiro atoms. The van der Waals surface area contributed by atoms with E-state index in [1.165, 1.54) is 11.1 Å². The van der Waals surface area contributed by atoms with Crippen LogP contribution in [0.25, 0.3) is 0 Å². The predicted octanol–water partition coefficient (Wildman–Crippen LogP) is 4.64. The zero-order valence-corrected chi connectivity index (χ0v) is 17.4. The van der Waals surface area contributed by atoms with Gasteiger partial charge in [0.2, 0.25) is 11.8 Å². The zero-order valence-electron chi connectivity index (χ0n) is 17.4. The number of hydrogen-bond acceptors (Lipinski definition) is 4. The van der Waals surface area contributed by atoms with Gasteiger partial charge < -0.3 is 9.84 Å². The summed E-state index contributed by atoms with van der Waals surface area (Å²) >= 11 is 0. The van der Waals surface area contributed by atoms with Gasteiger partial charge in [-0.15, -0.1) is 0 Å². The minimum absolute atomic E-state index is 0.0393. The van der Waals surface area contributed by atoms with Gasteiger partial charge in [0.15, 0.2) is 5.82 Å². The second-order valence-corrected chi connectivity index (χ2v) is 8.29. The Hall–Kier alpha value is -2.95. The monoisotopic (exact) mass is 391 g/mol. The molecular weight excluding hydrogens is 362 g/mol. The van der Waals surface area contributed by atoms with Gasteiger partial charge in [-0.3, -0.25) is 4.79 Å². The van der Waals surface area contributed by atoms with Crippen molar-refractivity contribution in [2.24, 2.45) is 0 Å². The van der Waals surface area contributed by atoms with E-state index < -0.39 is 0 Å². The van der Waals surface area contributed by atoms with Gasteiger partial charge in [-0.25, -0.2) is 0 Å². The molecule has 0 unspecified atom stereocenters. The Kier molecular flexibility index (Phi) is 6.81. The summed E-state index contributed by atoms with van der Waals surface area (Å²) in [5, 5.41) is 7.12. The smallest absolute Gasteiger partial charge is 0.226 e. The Labute approximate surface area is 172 Å². The summed E-state index contributed by atoms with van der Waals surface area (Å²) in [6.07, 6.45) is 1.72. The number of benzene rings is 2. The largest absolute Gasteiger partial charge is 0.355 e. The molecule has 0 aliphatic rings. The van der Waals surface area contributed by atoms with Crippen LogP contribution < -0.4 is 5.32 Å². The summed E-state index contributed by atoms with van der Waals surface area (Å²) in [4.78, 5) is 16.8. The van der Waals surface area contributed by atoms with Crippen molar-refractivity contribution < 1.29 is 9.32 Å². The molecule has 0 atom stereocenters. The maximum atomic E-state index is 12.4. The van der Waals surface area contributed by atoms with Gasteiger partial charge in [-0.05, 0) is 17.5 Å². The molecule has 0 bridgehead atoms. The minimum atomic E-state index is -0.136. The number of carbonyl (C=O) groups is 1. The van der Waals surface area contributed by atoms with Gasteiger partial charge in [-0.2, -0.15) is 4.98 Å². The molecule has 1 amide bonds. The fourth-order valence-electron chi connectivity index (χ4n) is 3.16. The van der Waals surface area contributed by atoms with Crippen molar-refractivity contribution in [3.63, 3.8) is 0 Å². The van der Waals surface area contributed by atoms with Crippen LogP contribution in [-0.2, 0) is 16.6 Å². The van der Waals surface area contributed by atoms with Gasteiger partial charge in [0.1, 0.15) is 0 Å². The van der Waals surface area contributed by atoms with E-state index in [1.54, 1.807) is 0 Å². The molecule has 152 valence electrons. The molecule has 0 saturated heterocycles. The van der Waals surface area contributed by atoms with Crippen LogP contribution in [0.2, 0.25) is 0 Å². The van der Waals surface area contributed by atoms with E-state index >= 15 is 0 Å². The summed E-state index contributed by atoms with van der Waals surface area (Å²) < 4.78 is 5.29. The van der Waals surface area contributed by atoms with Gasteiger partial charge >= 0.3 is 0 Å². The highest BCUT2D eigenvalue weighted by molar-refractivity contribution is 5.76. The second kappa shape index (κ2) is 9.50. The lowest BCUT2D eigenvalue weighted by Gasteiger charge is -2.19. The molecule has 2 aromatic carbocycles. The molecule has 5 heteroatoms. The highest BCUT2D eigenvalue weighted by Gasteiger charge is 2.21. The van der Waals surface area contributed by atoms with Gasteiger partial charge in [0.25, 0.3) is 0 Å².